The average molecular weight is 187 g/mol. The van der Waals surface area contributed by atoms with Crippen molar-refractivity contribution in [1.29, 1.82) is 0 Å². The highest BCUT2D eigenvalue weighted by Crippen LogP contribution is 2.06. The van der Waals surface area contributed by atoms with E-state index in [1.165, 1.54) is 7.11 Å². The Morgan fingerprint density at radius 1 is 1.38 bits per heavy atom. The third-order valence-electron chi connectivity index (χ3n) is 2.46. The molecule has 0 aromatic heterocycles. The Morgan fingerprint density at radius 2 is 1.92 bits per heavy atom. The third-order valence-corrected chi connectivity index (χ3v) is 2.46. The first-order valence-corrected chi connectivity index (χ1v) is 4.92. The maximum atomic E-state index is 10.9. The van der Waals surface area contributed by atoms with E-state index in [0.717, 1.165) is 19.4 Å². The molecule has 0 radical (unpaired) electrons. The summed E-state index contributed by atoms with van der Waals surface area (Å²) in [6, 6.07) is 0.588. The van der Waals surface area contributed by atoms with E-state index >= 15 is 0 Å². The largest absolute Gasteiger partial charge is 0.469 e. The SMILES string of the molecule is CCC(CC)N(C)CCC(=O)OC. The van der Waals surface area contributed by atoms with Crippen LogP contribution < -0.4 is 0 Å². The summed E-state index contributed by atoms with van der Waals surface area (Å²) in [6.45, 7) is 5.13. The van der Waals surface area contributed by atoms with Gasteiger partial charge >= 0.3 is 5.97 Å². The molecule has 0 rings (SSSR count). The molecule has 0 saturated heterocycles. The Balaban J connectivity index is 3.71. The van der Waals surface area contributed by atoms with Gasteiger partial charge in [-0.15, -0.1) is 0 Å². The number of carbonyl (C=O) groups is 1. The average Bonchev–Trinajstić information content (AvgIpc) is 2.16. The van der Waals surface area contributed by atoms with Crippen LogP contribution in [0.2, 0.25) is 0 Å². The lowest BCUT2D eigenvalue weighted by atomic mass is 10.1. The van der Waals surface area contributed by atoms with Crippen molar-refractivity contribution in [1.82, 2.24) is 4.90 Å². The summed E-state index contributed by atoms with van der Waals surface area (Å²) in [6.07, 6.45) is 2.76. The molecule has 0 heterocycles. The fraction of sp³-hybridized carbons (Fsp3) is 0.900. The van der Waals surface area contributed by atoms with Crippen LogP contribution in [0.4, 0.5) is 0 Å². The summed E-state index contributed by atoms with van der Waals surface area (Å²) in [5.41, 5.74) is 0. The molecule has 3 heteroatoms. The van der Waals surface area contributed by atoms with E-state index in [1.54, 1.807) is 0 Å². The Morgan fingerprint density at radius 3 is 2.31 bits per heavy atom. The van der Waals surface area contributed by atoms with Gasteiger partial charge in [0.1, 0.15) is 0 Å². The quantitative estimate of drug-likeness (QED) is 0.592. The van der Waals surface area contributed by atoms with E-state index in [4.69, 9.17) is 0 Å². The van der Waals surface area contributed by atoms with E-state index in [1.807, 2.05) is 0 Å². The maximum absolute atomic E-state index is 10.9. The fourth-order valence-corrected chi connectivity index (χ4v) is 1.46. The highest BCUT2D eigenvalue weighted by atomic mass is 16.5. The third kappa shape index (κ3) is 4.88. The summed E-state index contributed by atoms with van der Waals surface area (Å²) in [7, 11) is 3.49. The second kappa shape index (κ2) is 6.89. The smallest absolute Gasteiger partial charge is 0.306 e. The molecule has 13 heavy (non-hydrogen) atoms. The highest BCUT2D eigenvalue weighted by molar-refractivity contribution is 5.69. The lowest BCUT2D eigenvalue weighted by Crippen LogP contribution is -2.32. The van der Waals surface area contributed by atoms with Crippen molar-refractivity contribution in [2.75, 3.05) is 20.7 Å². The number of ether oxygens (including phenoxy) is 1. The van der Waals surface area contributed by atoms with Crippen molar-refractivity contribution < 1.29 is 9.53 Å². The predicted molar refractivity (Wildman–Crippen MR) is 53.6 cm³/mol. The first-order chi connectivity index (χ1) is 6.15. The van der Waals surface area contributed by atoms with Crippen LogP contribution in [-0.4, -0.2) is 37.6 Å². The summed E-state index contributed by atoms with van der Waals surface area (Å²) in [5, 5.41) is 0. The van der Waals surface area contributed by atoms with Crippen molar-refractivity contribution in [3.63, 3.8) is 0 Å². The van der Waals surface area contributed by atoms with E-state index in [2.05, 4.69) is 30.5 Å². The standard InChI is InChI=1S/C10H21NO2/c1-5-9(6-2)11(3)8-7-10(12)13-4/h9H,5-8H2,1-4H3. The van der Waals surface area contributed by atoms with Crippen molar-refractivity contribution in [2.24, 2.45) is 0 Å². The van der Waals surface area contributed by atoms with Crippen LogP contribution in [0.1, 0.15) is 33.1 Å². The fourth-order valence-electron chi connectivity index (χ4n) is 1.46. The van der Waals surface area contributed by atoms with Gasteiger partial charge in [0, 0.05) is 12.6 Å². The molecule has 0 aromatic carbocycles. The Kier molecular flexibility index (Phi) is 6.59. The van der Waals surface area contributed by atoms with Crippen LogP contribution in [-0.2, 0) is 9.53 Å². The van der Waals surface area contributed by atoms with Gasteiger partial charge in [0.25, 0.3) is 0 Å². The molecule has 0 atom stereocenters. The van der Waals surface area contributed by atoms with E-state index in [9.17, 15) is 4.79 Å². The molecule has 3 nitrogen and oxygen atoms in total. The molecule has 0 fully saturated rings. The second-order valence-corrected chi connectivity index (χ2v) is 3.28. The minimum atomic E-state index is -0.127. The molecule has 0 N–H and O–H groups in total. The molecule has 0 aromatic rings. The van der Waals surface area contributed by atoms with Crippen LogP contribution in [0.5, 0.6) is 0 Å². The summed E-state index contributed by atoms with van der Waals surface area (Å²) >= 11 is 0. The van der Waals surface area contributed by atoms with E-state index in [-0.39, 0.29) is 5.97 Å². The second-order valence-electron chi connectivity index (χ2n) is 3.28. The number of carbonyl (C=O) groups excluding carboxylic acids is 1. The number of esters is 1. The first kappa shape index (κ1) is 12.4. The summed E-state index contributed by atoms with van der Waals surface area (Å²) in [4.78, 5) is 13.1. The number of methoxy groups -OCH3 is 1. The van der Waals surface area contributed by atoms with Crippen LogP contribution >= 0.6 is 0 Å². The van der Waals surface area contributed by atoms with Gasteiger partial charge in [0.15, 0.2) is 0 Å². The van der Waals surface area contributed by atoms with E-state index in [0.29, 0.717) is 12.5 Å². The number of nitrogens with zero attached hydrogens (tertiary/aromatic N) is 1. The lowest BCUT2D eigenvalue weighted by Gasteiger charge is -2.25. The number of hydrogen-bond acceptors (Lipinski definition) is 3. The van der Waals surface area contributed by atoms with Gasteiger partial charge in [-0.25, -0.2) is 0 Å². The van der Waals surface area contributed by atoms with Gasteiger partial charge in [-0.1, -0.05) is 13.8 Å². The maximum Gasteiger partial charge on any atom is 0.306 e. The number of rotatable bonds is 6. The van der Waals surface area contributed by atoms with Crippen LogP contribution in [0.15, 0.2) is 0 Å². The van der Waals surface area contributed by atoms with Gasteiger partial charge in [-0.2, -0.15) is 0 Å². The monoisotopic (exact) mass is 187 g/mol. The zero-order valence-electron chi connectivity index (χ0n) is 9.17. The predicted octanol–water partition coefficient (Wildman–Crippen LogP) is 1.67. The van der Waals surface area contributed by atoms with Crippen molar-refractivity contribution in [3.05, 3.63) is 0 Å². The van der Waals surface area contributed by atoms with Crippen molar-refractivity contribution in [3.8, 4) is 0 Å². The molecular formula is C10H21NO2. The first-order valence-electron chi connectivity index (χ1n) is 4.92. The van der Waals surface area contributed by atoms with Gasteiger partial charge in [0.2, 0.25) is 0 Å². The molecule has 0 aliphatic carbocycles. The minimum Gasteiger partial charge on any atom is -0.469 e. The van der Waals surface area contributed by atoms with E-state index < -0.39 is 0 Å². The van der Waals surface area contributed by atoms with Gasteiger partial charge in [-0.3, -0.25) is 4.79 Å². The van der Waals surface area contributed by atoms with Crippen LogP contribution in [0, 0.1) is 0 Å². The molecule has 0 bridgehead atoms. The Labute approximate surface area is 81.1 Å². The molecule has 0 spiro atoms. The molecule has 0 amide bonds. The zero-order chi connectivity index (χ0) is 10.3. The Hall–Kier alpha value is -0.570. The molecule has 0 aliphatic heterocycles. The lowest BCUT2D eigenvalue weighted by molar-refractivity contribution is -0.141. The van der Waals surface area contributed by atoms with Crippen LogP contribution in [0.3, 0.4) is 0 Å². The Bertz CT molecular complexity index is 144. The summed E-state index contributed by atoms with van der Waals surface area (Å²) in [5.74, 6) is -0.127. The molecule has 0 unspecified atom stereocenters. The number of hydrogen-bond donors (Lipinski definition) is 0. The van der Waals surface area contributed by atoms with Gasteiger partial charge in [-0.05, 0) is 19.9 Å². The highest BCUT2D eigenvalue weighted by Gasteiger charge is 2.11. The summed E-state index contributed by atoms with van der Waals surface area (Å²) < 4.78 is 4.58. The van der Waals surface area contributed by atoms with Gasteiger partial charge in [0.05, 0.1) is 13.5 Å². The topological polar surface area (TPSA) is 29.5 Å². The normalized spacial score (nSPS) is 10.9. The minimum absolute atomic E-state index is 0.127. The molecule has 0 saturated carbocycles. The molecule has 78 valence electrons. The molecular weight excluding hydrogens is 166 g/mol. The van der Waals surface area contributed by atoms with Crippen molar-refractivity contribution >= 4 is 5.97 Å². The molecule has 0 aliphatic rings. The van der Waals surface area contributed by atoms with Crippen molar-refractivity contribution in [2.45, 2.75) is 39.2 Å². The van der Waals surface area contributed by atoms with Gasteiger partial charge < -0.3 is 9.64 Å². The van der Waals surface area contributed by atoms with Crippen LogP contribution in [0.25, 0.3) is 0 Å². The zero-order valence-corrected chi connectivity index (χ0v) is 9.17.